The number of aromatic nitrogens is 2. The van der Waals surface area contributed by atoms with Gasteiger partial charge >= 0.3 is 0 Å². The van der Waals surface area contributed by atoms with Gasteiger partial charge in [-0.05, 0) is 30.2 Å². The van der Waals surface area contributed by atoms with Gasteiger partial charge in [-0.2, -0.15) is 4.98 Å². The molecule has 1 fully saturated rings. The molecule has 1 atom stereocenters. The summed E-state index contributed by atoms with van der Waals surface area (Å²) in [6, 6.07) is 8.17. The number of halogens is 2. The molecule has 0 radical (unpaired) electrons. The second-order valence-corrected chi connectivity index (χ2v) is 7.46. The van der Waals surface area contributed by atoms with Gasteiger partial charge in [-0.25, -0.2) is 4.98 Å². The summed E-state index contributed by atoms with van der Waals surface area (Å²) >= 11 is 12.1. The van der Waals surface area contributed by atoms with E-state index in [-0.39, 0.29) is 0 Å². The quantitative estimate of drug-likeness (QED) is 0.793. The Morgan fingerprint density at radius 3 is 2.68 bits per heavy atom. The fraction of sp³-hybridized carbons (Fsp3) is 0.444. The van der Waals surface area contributed by atoms with Crippen molar-refractivity contribution in [3.8, 4) is 0 Å². The lowest BCUT2D eigenvalue weighted by Gasteiger charge is -2.25. The zero-order valence-electron chi connectivity index (χ0n) is 14.8. The molecule has 1 aliphatic heterocycles. The molecule has 1 aromatic carbocycles. The van der Waals surface area contributed by atoms with Crippen molar-refractivity contribution in [2.75, 3.05) is 44.0 Å². The third-order valence-electron chi connectivity index (χ3n) is 4.59. The molecule has 0 saturated carbocycles. The van der Waals surface area contributed by atoms with E-state index >= 15 is 0 Å². The molecule has 5 nitrogen and oxygen atoms in total. The van der Waals surface area contributed by atoms with E-state index in [0.717, 1.165) is 37.8 Å². The maximum absolute atomic E-state index is 6.12. The minimum atomic E-state index is 0.403. The molecule has 1 aromatic heterocycles. The van der Waals surface area contributed by atoms with Crippen LogP contribution in [0.25, 0.3) is 0 Å². The van der Waals surface area contributed by atoms with Crippen LogP contribution >= 0.6 is 23.2 Å². The minimum Gasteiger partial charge on any atom is -0.363 e. The smallest absolute Gasteiger partial charge is 0.227 e. The Morgan fingerprint density at radius 2 is 1.96 bits per heavy atom. The van der Waals surface area contributed by atoms with Gasteiger partial charge in [0.25, 0.3) is 0 Å². The number of rotatable bonds is 5. The lowest BCUT2D eigenvalue weighted by molar-refractivity contribution is 0.325. The Bertz CT molecular complexity index is 737. The fourth-order valence-corrected chi connectivity index (χ4v) is 3.41. The molecular formula is C18H23Cl2N5. The number of hydrogen-bond donors (Lipinski definition) is 0. The molecule has 2 aromatic rings. The van der Waals surface area contributed by atoms with Crippen LogP contribution in [0.2, 0.25) is 10.0 Å². The molecule has 0 N–H and O–H groups in total. The van der Waals surface area contributed by atoms with Gasteiger partial charge in [0.2, 0.25) is 5.95 Å². The van der Waals surface area contributed by atoms with Gasteiger partial charge in [-0.1, -0.05) is 29.3 Å². The summed E-state index contributed by atoms with van der Waals surface area (Å²) in [5.41, 5.74) is 1.18. The first-order chi connectivity index (χ1) is 11.9. The van der Waals surface area contributed by atoms with E-state index in [1.165, 1.54) is 5.56 Å². The van der Waals surface area contributed by atoms with Crippen molar-refractivity contribution in [1.82, 2.24) is 14.9 Å². The molecule has 0 spiro atoms. The van der Waals surface area contributed by atoms with Crippen molar-refractivity contribution >= 4 is 35.0 Å². The van der Waals surface area contributed by atoms with Crippen LogP contribution in [0, 0.1) is 0 Å². The molecule has 134 valence electrons. The van der Waals surface area contributed by atoms with Crippen molar-refractivity contribution in [1.29, 1.82) is 0 Å². The minimum absolute atomic E-state index is 0.403. The van der Waals surface area contributed by atoms with Crippen LogP contribution in [0.5, 0.6) is 0 Å². The van der Waals surface area contributed by atoms with Crippen LogP contribution in [0.15, 0.2) is 30.5 Å². The van der Waals surface area contributed by atoms with Crippen molar-refractivity contribution in [2.24, 2.45) is 0 Å². The number of likely N-dealkylation sites (N-methyl/N-ethyl adjacent to an activating group) is 1. The summed E-state index contributed by atoms with van der Waals surface area (Å²) in [7, 11) is 6.05. The Morgan fingerprint density at radius 1 is 1.16 bits per heavy atom. The van der Waals surface area contributed by atoms with Gasteiger partial charge in [0.05, 0.1) is 10.0 Å². The van der Waals surface area contributed by atoms with Crippen molar-refractivity contribution in [2.45, 2.75) is 19.0 Å². The average molecular weight is 380 g/mol. The predicted molar refractivity (Wildman–Crippen MR) is 105 cm³/mol. The Hall–Kier alpha value is -1.56. The third kappa shape index (κ3) is 4.35. The fourth-order valence-electron chi connectivity index (χ4n) is 3.09. The molecule has 7 heteroatoms. The summed E-state index contributed by atoms with van der Waals surface area (Å²) in [4.78, 5) is 15.7. The van der Waals surface area contributed by atoms with Gasteiger partial charge in [-0.15, -0.1) is 0 Å². The van der Waals surface area contributed by atoms with E-state index in [2.05, 4.69) is 26.8 Å². The molecule has 1 saturated heterocycles. The van der Waals surface area contributed by atoms with Crippen LogP contribution < -0.4 is 9.80 Å². The highest BCUT2D eigenvalue weighted by Gasteiger charge is 2.27. The van der Waals surface area contributed by atoms with Gasteiger partial charge in [0.1, 0.15) is 5.82 Å². The van der Waals surface area contributed by atoms with Crippen LogP contribution in [0.1, 0.15) is 12.0 Å². The number of anilines is 2. The number of nitrogens with zero attached hydrogens (tertiary/aromatic N) is 5. The Balaban J connectivity index is 1.63. The van der Waals surface area contributed by atoms with Gasteiger partial charge < -0.3 is 9.80 Å². The van der Waals surface area contributed by atoms with Crippen molar-refractivity contribution in [3.05, 3.63) is 46.1 Å². The number of hydrogen-bond acceptors (Lipinski definition) is 5. The normalized spacial score (nSPS) is 17.7. The zero-order valence-corrected chi connectivity index (χ0v) is 16.3. The van der Waals surface area contributed by atoms with E-state index in [1.54, 1.807) is 0 Å². The van der Waals surface area contributed by atoms with E-state index in [9.17, 15) is 0 Å². The second kappa shape index (κ2) is 7.77. The Labute approximate surface area is 159 Å². The SMILES string of the molecule is CN(C)c1ccnc(N(C)C2CCN(Cc3ccc(Cl)c(Cl)c3)C2)n1. The third-order valence-corrected chi connectivity index (χ3v) is 5.33. The van der Waals surface area contributed by atoms with E-state index in [0.29, 0.717) is 16.1 Å². The first kappa shape index (κ1) is 18.2. The second-order valence-electron chi connectivity index (χ2n) is 6.65. The van der Waals surface area contributed by atoms with E-state index in [4.69, 9.17) is 23.2 Å². The first-order valence-electron chi connectivity index (χ1n) is 8.33. The molecule has 1 unspecified atom stereocenters. The largest absolute Gasteiger partial charge is 0.363 e. The number of benzene rings is 1. The van der Waals surface area contributed by atoms with Crippen LogP contribution in [0.3, 0.4) is 0 Å². The summed E-state index contributed by atoms with van der Waals surface area (Å²) < 4.78 is 0. The molecule has 0 amide bonds. The molecule has 0 bridgehead atoms. The van der Waals surface area contributed by atoms with Crippen LogP contribution in [0.4, 0.5) is 11.8 Å². The standard InChI is InChI=1S/C18H23Cl2N5/c1-23(2)17-6-8-21-18(22-17)24(3)14-7-9-25(12-14)11-13-4-5-15(19)16(20)10-13/h4-6,8,10,14H,7,9,11-12H2,1-3H3. The van der Waals surface area contributed by atoms with E-state index < -0.39 is 0 Å². The lowest BCUT2D eigenvalue weighted by Crippen LogP contribution is -2.35. The molecule has 1 aliphatic rings. The summed E-state index contributed by atoms with van der Waals surface area (Å²) in [6.45, 7) is 2.90. The van der Waals surface area contributed by atoms with Crippen LogP contribution in [-0.4, -0.2) is 55.1 Å². The van der Waals surface area contributed by atoms with Gasteiger partial charge in [0.15, 0.2) is 0 Å². The maximum Gasteiger partial charge on any atom is 0.227 e. The van der Waals surface area contributed by atoms with Crippen molar-refractivity contribution < 1.29 is 0 Å². The highest BCUT2D eigenvalue weighted by atomic mass is 35.5. The molecule has 2 heterocycles. The highest BCUT2D eigenvalue weighted by Crippen LogP contribution is 2.25. The molecule has 25 heavy (non-hydrogen) atoms. The maximum atomic E-state index is 6.12. The summed E-state index contributed by atoms with van der Waals surface area (Å²) in [5, 5.41) is 1.21. The topological polar surface area (TPSA) is 35.5 Å². The summed E-state index contributed by atoms with van der Waals surface area (Å²) in [6.07, 6.45) is 2.91. The van der Waals surface area contributed by atoms with Crippen molar-refractivity contribution in [3.63, 3.8) is 0 Å². The molecule has 0 aliphatic carbocycles. The molecular weight excluding hydrogens is 357 g/mol. The number of likely N-dealkylation sites (tertiary alicyclic amines) is 1. The Kier molecular flexibility index (Phi) is 5.67. The zero-order chi connectivity index (χ0) is 18.0. The van der Waals surface area contributed by atoms with Gasteiger partial charge in [0, 0.05) is 53.0 Å². The summed E-state index contributed by atoms with van der Waals surface area (Å²) in [5.74, 6) is 1.69. The van der Waals surface area contributed by atoms with Crippen LogP contribution in [-0.2, 0) is 6.54 Å². The van der Waals surface area contributed by atoms with E-state index in [1.807, 2.05) is 49.5 Å². The van der Waals surface area contributed by atoms with Gasteiger partial charge in [-0.3, -0.25) is 4.90 Å². The lowest BCUT2D eigenvalue weighted by atomic mass is 10.2. The molecule has 3 rings (SSSR count). The highest BCUT2D eigenvalue weighted by molar-refractivity contribution is 6.42. The monoisotopic (exact) mass is 379 g/mol. The average Bonchev–Trinajstić information content (AvgIpc) is 3.06. The first-order valence-corrected chi connectivity index (χ1v) is 9.09. The predicted octanol–water partition coefficient (Wildman–Crippen LogP) is 3.56.